The van der Waals surface area contributed by atoms with Gasteiger partial charge in [0.1, 0.15) is 0 Å². The Morgan fingerprint density at radius 1 is 1.50 bits per heavy atom. The summed E-state index contributed by atoms with van der Waals surface area (Å²) in [7, 11) is 0. The first-order chi connectivity index (χ1) is 5.55. The zero-order valence-electron chi connectivity index (χ0n) is 7.12. The number of ether oxygens (including phenoxy) is 1. The van der Waals surface area contributed by atoms with E-state index >= 15 is 0 Å². The van der Waals surface area contributed by atoms with E-state index in [-0.39, 0.29) is 5.92 Å². The van der Waals surface area contributed by atoms with Crippen molar-refractivity contribution in [2.75, 3.05) is 13.2 Å². The summed E-state index contributed by atoms with van der Waals surface area (Å²) in [5.41, 5.74) is -1.59. The van der Waals surface area contributed by atoms with E-state index in [9.17, 15) is 9.90 Å². The molecule has 70 valence electrons. The maximum atomic E-state index is 10.6. The van der Waals surface area contributed by atoms with Crippen LogP contribution in [0.15, 0.2) is 0 Å². The third-order valence-corrected chi connectivity index (χ3v) is 2.45. The number of hydrogen-bond acceptors (Lipinski definition) is 3. The lowest BCUT2D eigenvalue weighted by Gasteiger charge is -2.31. The average Bonchev–Trinajstić information content (AvgIpc) is 2.06. The summed E-state index contributed by atoms with van der Waals surface area (Å²) < 4.78 is 5.07. The van der Waals surface area contributed by atoms with E-state index in [1.165, 1.54) is 6.92 Å². The van der Waals surface area contributed by atoms with Crippen LogP contribution in [-0.4, -0.2) is 35.0 Å². The van der Waals surface area contributed by atoms with E-state index in [2.05, 4.69) is 0 Å². The molecule has 1 heterocycles. The molecule has 12 heavy (non-hydrogen) atoms. The van der Waals surface area contributed by atoms with Gasteiger partial charge in [-0.15, -0.1) is 0 Å². The van der Waals surface area contributed by atoms with E-state index < -0.39 is 11.6 Å². The number of hydrogen-bond donors (Lipinski definition) is 2. The maximum absolute atomic E-state index is 10.6. The molecule has 0 unspecified atom stereocenters. The van der Waals surface area contributed by atoms with Crippen LogP contribution < -0.4 is 0 Å². The number of rotatable bonds is 2. The molecule has 1 aliphatic heterocycles. The van der Waals surface area contributed by atoms with E-state index in [4.69, 9.17) is 9.84 Å². The van der Waals surface area contributed by atoms with Gasteiger partial charge in [0.2, 0.25) is 0 Å². The first kappa shape index (κ1) is 9.48. The lowest BCUT2D eigenvalue weighted by atomic mass is 9.83. The zero-order chi connectivity index (χ0) is 9.19. The van der Waals surface area contributed by atoms with E-state index in [0.717, 1.165) is 0 Å². The predicted molar refractivity (Wildman–Crippen MR) is 41.8 cm³/mol. The maximum Gasteiger partial charge on any atom is 0.335 e. The lowest BCUT2D eigenvalue weighted by Crippen LogP contribution is -2.45. The highest BCUT2D eigenvalue weighted by molar-refractivity contribution is 5.76. The fourth-order valence-electron chi connectivity index (χ4n) is 1.43. The van der Waals surface area contributed by atoms with Crippen molar-refractivity contribution in [3.05, 3.63) is 0 Å². The molecule has 1 fully saturated rings. The molecule has 0 aromatic heterocycles. The first-order valence-corrected chi connectivity index (χ1v) is 4.08. The summed E-state index contributed by atoms with van der Waals surface area (Å²) in [6.45, 7) is 2.45. The number of carboxylic acid groups (broad SMARTS) is 1. The highest BCUT2D eigenvalue weighted by atomic mass is 16.5. The van der Waals surface area contributed by atoms with Gasteiger partial charge < -0.3 is 14.9 Å². The second kappa shape index (κ2) is 3.41. The third kappa shape index (κ3) is 1.76. The van der Waals surface area contributed by atoms with Gasteiger partial charge in [-0.2, -0.15) is 0 Å². The summed E-state index contributed by atoms with van der Waals surface area (Å²) in [5, 5.41) is 18.3. The van der Waals surface area contributed by atoms with Crippen LogP contribution in [0.1, 0.15) is 19.8 Å². The summed E-state index contributed by atoms with van der Waals surface area (Å²) in [6.07, 6.45) is 1.25. The van der Waals surface area contributed by atoms with Gasteiger partial charge in [-0.1, -0.05) is 0 Å². The van der Waals surface area contributed by atoms with Crippen LogP contribution in [0.5, 0.6) is 0 Å². The van der Waals surface area contributed by atoms with Gasteiger partial charge in [-0.05, 0) is 19.8 Å². The largest absolute Gasteiger partial charge is 0.479 e. The molecular formula is C8H14O4. The van der Waals surface area contributed by atoms with Crippen molar-refractivity contribution < 1.29 is 19.7 Å². The first-order valence-electron chi connectivity index (χ1n) is 4.08. The van der Waals surface area contributed by atoms with Crippen LogP contribution >= 0.6 is 0 Å². The van der Waals surface area contributed by atoms with Gasteiger partial charge in [0, 0.05) is 19.1 Å². The van der Waals surface area contributed by atoms with Gasteiger partial charge in [0.25, 0.3) is 0 Å². The zero-order valence-corrected chi connectivity index (χ0v) is 7.12. The number of aliphatic hydroxyl groups is 1. The normalized spacial score (nSPS) is 24.8. The van der Waals surface area contributed by atoms with Crippen molar-refractivity contribution >= 4 is 5.97 Å². The fourth-order valence-corrected chi connectivity index (χ4v) is 1.43. The molecule has 2 N–H and O–H groups in total. The standard InChI is InChI=1S/C8H14O4/c1-8(11,7(9)10)6-2-4-12-5-3-6/h6,11H,2-5H2,1H3,(H,9,10)/t8-/m0/s1. The molecule has 4 heteroatoms. The Kier molecular flexibility index (Phi) is 2.69. The summed E-state index contributed by atoms with van der Waals surface area (Å²) in [5.74, 6) is -1.32. The topological polar surface area (TPSA) is 66.8 Å². The van der Waals surface area contributed by atoms with Crippen molar-refractivity contribution in [1.82, 2.24) is 0 Å². The van der Waals surface area contributed by atoms with E-state index in [1.807, 2.05) is 0 Å². The molecule has 1 atom stereocenters. The Balaban J connectivity index is 2.59. The van der Waals surface area contributed by atoms with Crippen LogP contribution in [-0.2, 0) is 9.53 Å². The molecule has 0 aliphatic carbocycles. The number of carboxylic acids is 1. The van der Waals surface area contributed by atoms with E-state index in [1.54, 1.807) is 0 Å². The Hall–Kier alpha value is -0.610. The summed E-state index contributed by atoms with van der Waals surface area (Å²) in [4.78, 5) is 10.6. The molecule has 0 aromatic carbocycles. The Labute approximate surface area is 71.2 Å². The molecule has 0 spiro atoms. The highest BCUT2D eigenvalue weighted by Gasteiger charge is 2.39. The van der Waals surface area contributed by atoms with Crippen molar-refractivity contribution in [1.29, 1.82) is 0 Å². The third-order valence-electron chi connectivity index (χ3n) is 2.45. The molecule has 0 amide bonds. The molecular weight excluding hydrogens is 160 g/mol. The molecule has 0 aromatic rings. The molecule has 1 aliphatic rings. The Bertz CT molecular complexity index is 170. The highest BCUT2D eigenvalue weighted by Crippen LogP contribution is 2.27. The van der Waals surface area contributed by atoms with Gasteiger partial charge in [-0.3, -0.25) is 0 Å². The number of carbonyl (C=O) groups is 1. The quantitative estimate of drug-likeness (QED) is 0.629. The average molecular weight is 174 g/mol. The predicted octanol–water partition coefficient (Wildman–Crippen LogP) is 0.249. The van der Waals surface area contributed by atoms with Crippen molar-refractivity contribution in [2.45, 2.75) is 25.4 Å². The number of aliphatic carboxylic acids is 1. The minimum Gasteiger partial charge on any atom is -0.479 e. The van der Waals surface area contributed by atoms with E-state index in [0.29, 0.717) is 26.1 Å². The van der Waals surface area contributed by atoms with Gasteiger partial charge in [0.05, 0.1) is 0 Å². The van der Waals surface area contributed by atoms with Crippen LogP contribution in [0.3, 0.4) is 0 Å². The minimum absolute atomic E-state index is 0.177. The summed E-state index contributed by atoms with van der Waals surface area (Å²) >= 11 is 0. The van der Waals surface area contributed by atoms with Crippen LogP contribution in [0.2, 0.25) is 0 Å². The second-order valence-corrected chi connectivity index (χ2v) is 3.34. The molecule has 0 radical (unpaired) electrons. The van der Waals surface area contributed by atoms with Crippen molar-refractivity contribution in [3.63, 3.8) is 0 Å². The SMILES string of the molecule is C[C@@](O)(C(=O)O)C1CCOCC1. The van der Waals surface area contributed by atoms with Crippen LogP contribution in [0.25, 0.3) is 0 Å². The molecule has 1 saturated heterocycles. The minimum atomic E-state index is -1.59. The Morgan fingerprint density at radius 3 is 2.42 bits per heavy atom. The molecule has 0 bridgehead atoms. The fraction of sp³-hybridized carbons (Fsp3) is 0.875. The van der Waals surface area contributed by atoms with Crippen molar-refractivity contribution in [2.24, 2.45) is 5.92 Å². The molecule has 0 saturated carbocycles. The van der Waals surface area contributed by atoms with Crippen LogP contribution in [0, 0.1) is 5.92 Å². The van der Waals surface area contributed by atoms with Gasteiger partial charge in [0.15, 0.2) is 5.60 Å². The monoisotopic (exact) mass is 174 g/mol. The lowest BCUT2D eigenvalue weighted by molar-refractivity contribution is -0.166. The van der Waals surface area contributed by atoms with Crippen molar-refractivity contribution in [3.8, 4) is 0 Å². The van der Waals surface area contributed by atoms with Crippen LogP contribution in [0.4, 0.5) is 0 Å². The molecule has 4 nitrogen and oxygen atoms in total. The van der Waals surface area contributed by atoms with Gasteiger partial charge in [-0.25, -0.2) is 4.79 Å². The van der Waals surface area contributed by atoms with Gasteiger partial charge >= 0.3 is 5.97 Å². The Morgan fingerprint density at radius 2 is 2.00 bits per heavy atom. The smallest absolute Gasteiger partial charge is 0.335 e. The second-order valence-electron chi connectivity index (χ2n) is 3.34. The summed E-state index contributed by atoms with van der Waals surface area (Å²) in [6, 6.07) is 0. The molecule has 1 rings (SSSR count).